The molecule has 7 heteroatoms. The number of nitrogens with zero attached hydrogens (tertiary/aromatic N) is 2. The highest BCUT2D eigenvalue weighted by Crippen LogP contribution is 2.20. The second-order valence-electron chi connectivity index (χ2n) is 5.23. The fourth-order valence-electron chi connectivity index (χ4n) is 2.51. The third-order valence-corrected chi connectivity index (χ3v) is 5.65. The van der Waals surface area contributed by atoms with Crippen molar-refractivity contribution < 1.29 is 18.3 Å². The molecule has 1 aliphatic rings. The summed E-state index contributed by atoms with van der Waals surface area (Å²) >= 11 is 0. The molecule has 0 aromatic heterocycles. The molecule has 0 aliphatic carbocycles. The highest BCUT2D eigenvalue weighted by Gasteiger charge is 2.28. The molecule has 1 aliphatic heterocycles. The maximum atomic E-state index is 12.6. The van der Waals surface area contributed by atoms with Crippen LogP contribution in [-0.2, 0) is 10.0 Å². The Labute approximate surface area is 132 Å². The molecule has 1 saturated heterocycles. The van der Waals surface area contributed by atoms with Gasteiger partial charge in [0.1, 0.15) is 5.75 Å². The van der Waals surface area contributed by atoms with E-state index in [9.17, 15) is 8.42 Å². The van der Waals surface area contributed by atoms with Gasteiger partial charge in [0.15, 0.2) is 0 Å². The lowest BCUT2D eigenvalue weighted by molar-refractivity contribution is 0.171. The highest BCUT2D eigenvalue weighted by atomic mass is 32.2. The zero-order chi connectivity index (χ0) is 16.0. The van der Waals surface area contributed by atoms with Crippen LogP contribution in [0.3, 0.4) is 0 Å². The summed E-state index contributed by atoms with van der Waals surface area (Å²) in [4.78, 5) is 2.49. The topological polar surface area (TPSA) is 70.1 Å². The van der Waals surface area contributed by atoms with Crippen molar-refractivity contribution in [2.75, 3.05) is 45.9 Å². The molecule has 0 radical (unpaired) electrons. The quantitative estimate of drug-likeness (QED) is 0.801. The van der Waals surface area contributed by atoms with E-state index in [0.717, 1.165) is 13.0 Å². The van der Waals surface area contributed by atoms with Gasteiger partial charge in [-0.05, 0) is 37.6 Å². The summed E-state index contributed by atoms with van der Waals surface area (Å²) in [6.07, 6.45) is 0.728. The molecule has 1 aromatic rings. The van der Waals surface area contributed by atoms with Crippen LogP contribution in [0, 0.1) is 0 Å². The largest absolute Gasteiger partial charge is 0.494 e. The summed E-state index contributed by atoms with van der Waals surface area (Å²) in [7, 11) is -3.44. The van der Waals surface area contributed by atoms with Crippen molar-refractivity contribution in [3.63, 3.8) is 0 Å². The van der Waals surface area contributed by atoms with E-state index < -0.39 is 10.0 Å². The second kappa shape index (κ2) is 7.92. The average molecular weight is 328 g/mol. The number of sulfonamides is 1. The van der Waals surface area contributed by atoms with Crippen LogP contribution in [-0.4, -0.2) is 68.7 Å². The van der Waals surface area contributed by atoms with Crippen LogP contribution in [0.2, 0.25) is 0 Å². The van der Waals surface area contributed by atoms with Crippen LogP contribution >= 0.6 is 0 Å². The van der Waals surface area contributed by atoms with E-state index in [-0.39, 0.29) is 6.61 Å². The van der Waals surface area contributed by atoms with Gasteiger partial charge in [0.25, 0.3) is 0 Å². The number of benzene rings is 1. The average Bonchev–Trinajstić information content (AvgIpc) is 2.54. The van der Waals surface area contributed by atoms with Gasteiger partial charge in [-0.2, -0.15) is 4.31 Å². The van der Waals surface area contributed by atoms with Crippen molar-refractivity contribution >= 4 is 10.0 Å². The summed E-state index contributed by atoms with van der Waals surface area (Å²) < 4.78 is 32.1. The van der Waals surface area contributed by atoms with Crippen LogP contribution < -0.4 is 4.74 Å². The standard InChI is InChI=1S/C15H24N2O4S/c1-2-21-14-4-6-15(7-5-14)22(19,20)17-11-9-16(10-12-17)8-3-13-18/h4-7,18H,2-3,8-13H2,1H3. The van der Waals surface area contributed by atoms with Crippen LogP contribution in [0.25, 0.3) is 0 Å². The minimum absolute atomic E-state index is 0.171. The number of hydrogen-bond donors (Lipinski definition) is 1. The van der Waals surface area contributed by atoms with Crippen molar-refractivity contribution in [1.29, 1.82) is 0 Å². The number of aliphatic hydroxyl groups excluding tert-OH is 1. The number of rotatable bonds is 7. The van der Waals surface area contributed by atoms with Crippen molar-refractivity contribution in [2.24, 2.45) is 0 Å². The third-order valence-electron chi connectivity index (χ3n) is 3.74. The molecule has 1 fully saturated rings. The summed E-state index contributed by atoms with van der Waals surface area (Å²) in [6, 6.07) is 6.57. The molecular weight excluding hydrogens is 304 g/mol. The minimum Gasteiger partial charge on any atom is -0.494 e. The Morgan fingerprint density at radius 2 is 1.77 bits per heavy atom. The van der Waals surface area contributed by atoms with Gasteiger partial charge in [0, 0.05) is 39.3 Å². The molecule has 0 saturated carbocycles. The van der Waals surface area contributed by atoms with E-state index in [4.69, 9.17) is 9.84 Å². The van der Waals surface area contributed by atoms with E-state index in [1.54, 1.807) is 24.3 Å². The van der Waals surface area contributed by atoms with E-state index >= 15 is 0 Å². The van der Waals surface area contributed by atoms with Crippen LogP contribution in [0.1, 0.15) is 13.3 Å². The van der Waals surface area contributed by atoms with Gasteiger partial charge in [-0.1, -0.05) is 0 Å². The molecule has 6 nitrogen and oxygen atoms in total. The fraction of sp³-hybridized carbons (Fsp3) is 0.600. The Morgan fingerprint density at radius 3 is 2.32 bits per heavy atom. The van der Waals surface area contributed by atoms with E-state index in [0.29, 0.717) is 43.4 Å². The SMILES string of the molecule is CCOc1ccc(S(=O)(=O)N2CCN(CCCO)CC2)cc1. The first-order chi connectivity index (χ1) is 10.6. The maximum Gasteiger partial charge on any atom is 0.243 e. The zero-order valence-electron chi connectivity index (χ0n) is 12.9. The monoisotopic (exact) mass is 328 g/mol. The minimum atomic E-state index is -3.44. The molecule has 0 bridgehead atoms. The molecular formula is C15H24N2O4S. The number of aliphatic hydroxyl groups is 1. The second-order valence-corrected chi connectivity index (χ2v) is 7.17. The molecule has 0 spiro atoms. The fourth-order valence-corrected chi connectivity index (χ4v) is 3.93. The molecule has 2 rings (SSSR count). The van der Waals surface area contributed by atoms with Gasteiger partial charge in [-0.15, -0.1) is 0 Å². The molecule has 1 aromatic carbocycles. The van der Waals surface area contributed by atoms with E-state index in [1.165, 1.54) is 4.31 Å². The lowest BCUT2D eigenvalue weighted by Crippen LogP contribution is -2.48. The Kier molecular flexibility index (Phi) is 6.19. The van der Waals surface area contributed by atoms with Crippen LogP contribution in [0.4, 0.5) is 0 Å². The van der Waals surface area contributed by atoms with Gasteiger partial charge < -0.3 is 14.7 Å². The molecule has 124 valence electrons. The van der Waals surface area contributed by atoms with Crippen molar-refractivity contribution in [3.8, 4) is 5.75 Å². The predicted molar refractivity (Wildman–Crippen MR) is 84.5 cm³/mol. The smallest absolute Gasteiger partial charge is 0.243 e. The summed E-state index contributed by atoms with van der Waals surface area (Å²) in [6.45, 7) is 5.81. The third kappa shape index (κ3) is 4.19. The summed E-state index contributed by atoms with van der Waals surface area (Å²) in [5.74, 6) is 0.676. The van der Waals surface area contributed by atoms with Gasteiger partial charge in [-0.3, -0.25) is 0 Å². The Morgan fingerprint density at radius 1 is 1.14 bits per heavy atom. The molecule has 1 heterocycles. The molecule has 0 unspecified atom stereocenters. The predicted octanol–water partition coefficient (Wildman–Crippen LogP) is 0.774. The molecule has 22 heavy (non-hydrogen) atoms. The van der Waals surface area contributed by atoms with Crippen molar-refractivity contribution in [1.82, 2.24) is 9.21 Å². The Bertz CT molecular complexity index is 551. The zero-order valence-corrected chi connectivity index (χ0v) is 13.8. The summed E-state index contributed by atoms with van der Waals surface area (Å²) in [5.41, 5.74) is 0. The first-order valence-electron chi connectivity index (χ1n) is 7.64. The van der Waals surface area contributed by atoms with Gasteiger partial charge in [0.05, 0.1) is 11.5 Å². The maximum absolute atomic E-state index is 12.6. The van der Waals surface area contributed by atoms with Crippen molar-refractivity contribution in [3.05, 3.63) is 24.3 Å². The molecule has 0 amide bonds. The molecule has 1 N–H and O–H groups in total. The van der Waals surface area contributed by atoms with Crippen LogP contribution in [0.5, 0.6) is 5.75 Å². The van der Waals surface area contributed by atoms with E-state index in [1.807, 2.05) is 6.92 Å². The highest BCUT2D eigenvalue weighted by molar-refractivity contribution is 7.89. The number of ether oxygens (including phenoxy) is 1. The first-order valence-corrected chi connectivity index (χ1v) is 9.08. The lowest BCUT2D eigenvalue weighted by Gasteiger charge is -2.33. The first kappa shape index (κ1) is 17.2. The van der Waals surface area contributed by atoms with Crippen LogP contribution in [0.15, 0.2) is 29.2 Å². The normalized spacial score (nSPS) is 17.5. The number of hydrogen-bond acceptors (Lipinski definition) is 5. The molecule has 0 atom stereocenters. The van der Waals surface area contributed by atoms with Gasteiger partial charge >= 0.3 is 0 Å². The van der Waals surface area contributed by atoms with Gasteiger partial charge in [0.2, 0.25) is 10.0 Å². The Balaban J connectivity index is 1.99. The van der Waals surface area contributed by atoms with E-state index in [2.05, 4.69) is 4.90 Å². The summed E-state index contributed by atoms with van der Waals surface area (Å²) in [5, 5.41) is 8.84. The number of piperazine rings is 1. The Hall–Kier alpha value is -1.15. The van der Waals surface area contributed by atoms with Crippen molar-refractivity contribution in [2.45, 2.75) is 18.2 Å². The van der Waals surface area contributed by atoms with Gasteiger partial charge in [-0.25, -0.2) is 8.42 Å². The lowest BCUT2D eigenvalue weighted by atomic mass is 10.3.